The molecule has 0 aliphatic heterocycles. The molecule has 1 aliphatic carbocycles. The second-order valence-corrected chi connectivity index (χ2v) is 5.41. The fourth-order valence-corrected chi connectivity index (χ4v) is 2.62. The molecule has 0 aromatic carbocycles. The number of nitrogens with zero attached hydrogens (tertiary/aromatic N) is 1. The molecule has 0 amide bonds. The van der Waals surface area contributed by atoms with Crippen molar-refractivity contribution in [2.24, 2.45) is 16.6 Å². The Morgan fingerprint density at radius 1 is 1.47 bits per heavy atom. The summed E-state index contributed by atoms with van der Waals surface area (Å²) in [7, 11) is 0. The topological polar surface area (TPSA) is 59.6 Å². The van der Waals surface area contributed by atoms with Crippen LogP contribution in [0.2, 0.25) is 0 Å². The van der Waals surface area contributed by atoms with Crippen molar-refractivity contribution in [3.05, 3.63) is 12.2 Å². The molecule has 0 aromatic rings. The third-order valence-corrected chi connectivity index (χ3v) is 3.56. The van der Waals surface area contributed by atoms with Crippen LogP contribution in [-0.4, -0.2) is 31.8 Å². The lowest BCUT2D eigenvalue weighted by Crippen LogP contribution is -2.35. The molecule has 1 rings (SSSR count). The quantitative estimate of drug-likeness (QED) is 0.403. The molecule has 3 N–H and O–H groups in total. The van der Waals surface area contributed by atoms with Crippen LogP contribution in [0, 0.1) is 5.92 Å². The van der Waals surface area contributed by atoms with E-state index in [0.717, 1.165) is 31.1 Å². The third-order valence-electron chi connectivity index (χ3n) is 3.56. The lowest BCUT2D eigenvalue weighted by molar-refractivity contribution is 0.0170. The van der Waals surface area contributed by atoms with Gasteiger partial charge >= 0.3 is 0 Å². The van der Waals surface area contributed by atoms with Gasteiger partial charge in [-0.05, 0) is 39.0 Å². The standard InChI is InChI=1S/C15H29N3O/c1-4-19-14(13-7-5-6-8-13)9-10-17-15(16)18-11-12(2)3/h13-14H,2,4-11H2,1,3H3,(H3,16,17,18). The van der Waals surface area contributed by atoms with Crippen molar-refractivity contribution in [3.63, 3.8) is 0 Å². The number of ether oxygens (including phenoxy) is 1. The average molecular weight is 267 g/mol. The zero-order valence-electron chi connectivity index (χ0n) is 12.5. The largest absolute Gasteiger partial charge is 0.378 e. The predicted molar refractivity (Wildman–Crippen MR) is 81.3 cm³/mol. The van der Waals surface area contributed by atoms with Crippen LogP contribution >= 0.6 is 0 Å². The molecule has 0 saturated heterocycles. The smallest absolute Gasteiger partial charge is 0.188 e. The number of nitrogens with two attached hydrogens (primary N) is 1. The van der Waals surface area contributed by atoms with E-state index in [0.29, 0.717) is 18.6 Å². The zero-order valence-corrected chi connectivity index (χ0v) is 12.5. The Balaban J connectivity index is 2.27. The summed E-state index contributed by atoms with van der Waals surface area (Å²) in [5.41, 5.74) is 6.81. The van der Waals surface area contributed by atoms with Crippen LogP contribution in [0.25, 0.3) is 0 Å². The monoisotopic (exact) mass is 267 g/mol. The van der Waals surface area contributed by atoms with E-state index >= 15 is 0 Å². The van der Waals surface area contributed by atoms with Crippen molar-refractivity contribution >= 4 is 5.96 Å². The fourth-order valence-electron chi connectivity index (χ4n) is 2.62. The normalized spacial score (nSPS) is 18.5. The van der Waals surface area contributed by atoms with Crippen LogP contribution in [0.4, 0.5) is 0 Å². The van der Waals surface area contributed by atoms with E-state index in [-0.39, 0.29) is 0 Å². The number of nitrogens with one attached hydrogen (secondary N) is 1. The predicted octanol–water partition coefficient (Wildman–Crippen LogP) is 2.45. The summed E-state index contributed by atoms with van der Waals surface area (Å²) >= 11 is 0. The van der Waals surface area contributed by atoms with E-state index in [1.807, 2.05) is 6.92 Å². The Morgan fingerprint density at radius 2 is 2.16 bits per heavy atom. The molecule has 4 heteroatoms. The van der Waals surface area contributed by atoms with Gasteiger partial charge in [0.05, 0.1) is 12.6 Å². The molecular formula is C15H29N3O. The van der Waals surface area contributed by atoms with Crippen molar-refractivity contribution in [1.82, 2.24) is 5.32 Å². The number of aliphatic imine (C=N–C) groups is 1. The van der Waals surface area contributed by atoms with Gasteiger partial charge in [0, 0.05) is 13.2 Å². The molecule has 0 radical (unpaired) electrons. The highest BCUT2D eigenvalue weighted by Crippen LogP contribution is 2.30. The molecule has 4 nitrogen and oxygen atoms in total. The summed E-state index contributed by atoms with van der Waals surface area (Å²) in [5, 5.41) is 3.16. The fraction of sp³-hybridized carbons (Fsp3) is 0.800. The first-order valence-electron chi connectivity index (χ1n) is 7.43. The van der Waals surface area contributed by atoms with Crippen molar-refractivity contribution in [3.8, 4) is 0 Å². The number of hydrogen-bond donors (Lipinski definition) is 2. The van der Waals surface area contributed by atoms with Gasteiger partial charge in [-0.25, -0.2) is 4.99 Å². The van der Waals surface area contributed by atoms with Crippen LogP contribution in [0.1, 0.15) is 46.0 Å². The summed E-state index contributed by atoms with van der Waals surface area (Å²) < 4.78 is 5.87. The first-order valence-corrected chi connectivity index (χ1v) is 7.43. The Labute approximate surface area is 117 Å². The molecule has 110 valence electrons. The van der Waals surface area contributed by atoms with E-state index in [2.05, 4.69) is 23.8 Å². The van der Waals surface area contributed by atoms with Crippen LogP contribution in [0.5, 0.6) is 0 Å². The molecule has 19 heavy (non-hydrogen) atoms. The van der Waals surface area contributed by atoms with Gasteiger partial charge in [0.25, 0.3) is 0 Å². The van der Waals surface area contributed by atoms with E-state index in [1.165, 1.54) is 25.7 Å². The van der Waals surface area contributed by atoms with Crippen molar-refractivity contribution in [1.29, 1.82) is 0 Å². The molecule has 1 unspecified atom stereocenters. The summed E-state index contributed by atoms with van der Waals surface area (Å²) in [5.74, 6) is 1.24. The number of guanidine groups is 1. The Kier molecular flexibility index (Phi) is 7.56. The Hall–Kier alpha value is -1.03. The average Bonchev–Trinajstić information content (AvgIpc) is 2.89. The zero-order chi connectivity index (χ0) is 14.1. The molecule has 1 aliphatic rings. The second kappa shape index (κ2) is 8.97. The van der Waals surface area contributed by atoms with Gasteiger partial charge in [0.15, 0.2) is 5.96 Å². The Bertz CT molecular complexity index is 296. The molecule has 1 saturated carbocycles. The molecule has 1 atom stereocenters. The van der Waals surface area contributed by atoms with Crippen molar-refractivity contribution in [2.75, 3.05) is 19.7 Å². The van der Waals surface area contributed by atoms with Crippen LogP contribution in [0.15, 0.2) is 17.1 Å². The van der Waals surface area contributed by atoms with Crippen LogP contribution < -0.4 is 11.1 Å². The number of hydrogen-bond acceptors (Lipinski definition) is 2. The first-order chi connectivity index (χ1) is 9.13. The second-order valence-electron chi connectivity index (χ2n) is 5.41. The maximum absolute atomic E-state index is 5.87. The highest BCUT2D eigenvalue weighted by Gasteiger charge is 2.24. The SMILES string of the molecule is C=C(C)CN=C(N)NCCC(OCC)C1CCCC1. The molecule has 0 heterocycles. The molecule has 0 bridgehead atoms. The van der Waals surface area contributed by atoms with Gasteiger partial charge in [-0.2, -0.15) is 0 Å². The Morgan fingerprint density at radius 3 is 2.74 bits per heavy atom. The van der Waals surface area contributed by atoms with E-state index < -0.39 is 0 Å². The number of rotatable bonds is 8. The van der Waals surface area contributed by atoms with Gasteiger partial charge in [0.2, 0.25) is 0 Å². The maximum Gasteiger partial charge on any atom is 0.188 e. The minimum atomic E-state index is 0.369. The first kappa shape index (κ1) is 16.0. The van der Waals surface area contributed by atoms with Gasteiger partial charge in [-0.1, -0.05) is 25.0 Å². The maximum atomic E-state index is 5.87. The summed E-state index contributed by atoms with van der Waals surface area (Å²) in [6.45, 7) is 10.0. The van der Waals surface area contributed by atoms with Gasteiger partial charge in [-0.3, -0.25) is 0 Å². The highest BCUT2D eigenvalue weighted by molar-refractivity contribution is 5.77. The summed E-state index contributed by atoms with van der Waals surface area (Å²) in [4.78, 5) is 4.21. The van der Waals surface area contributed by atoms with E-state index in [9.17, 15) is 0 Å². The van der Waals surface area contributed by atoms with Gasteiger partial charge in [-0.15, -0.1) is 0 Å². The lowest BCUT2D eigenvalue weighted by atomic mass is 9.98. The minimum absolute atomic E-state index is 0.369. The lowest BCUT2D eigenvalue weighted by Gasteiger charge is -2.23. The van der Waals surface area contributed by atoms with Crippen LogP contribution in [0.3, 0.4) is 0 Å². The summed E-state index contributed by atoms with van der Waals surface area (Å²) in [6.07, 6.45) is 6.69. The third kappa shape index (κ3) is 6.62. The molecule has 0 aromatic heterocycles. The van der Waals surface area contributed by atoms with Crippen LogP contribution in [-0.2, 0) is 4.74 Å². The minimum Gasteiger partial charge on any atom is -0.378 e. The van der Waals surface area contributed by atoms with Gasteiger partial charge in [0.1, 0.15) is 0 Å². The van der Waals surface area contributed by atoms with E-state index in [1.54, 1.807) is 0 Å². The van der Waals surface area contributed by atoms with E-state index in [4.69, 9.17) is 10.5 Å². The highest BCUT2D eigenvalue weighted by atomic mass is 16.5. The van der Waals surface area contributed by atoms with Crippen molar-refractivity contribution in [2.45, 2.75) is 52.1 Å². The summed E-state index contributed by atoms with van der Waals surface area (Å²) in [6, 6.07) is 0. The van der Waals surface area contributed by atoms with Gasteiger partial charge < -0.3 is 15.8 Å². The molecule has 0 spiro atoms. The molecular weight excluding hydrogens is 238 g/mol. The van der Waals surface area contributed by atoms with Crippen molar-refractivity contribution < 1.29 is 4.74 Å². The molecule has 1 fully saturated rings.